The first-order valence-electron chi connectivity index (χ1n) is 16.9. The number of fused-ring (bicyclic) bond motifs is 5. The van der Waals surface area contributed by atoms with Crippen LogP contribution in [0.15, 0.2) is 0 Å². The maximum atomic E-state index is 12.6. The minimum absolute atomic E-state index is 0.0584. The molecule has 240 valence electrons. The minimum atomic E-state index is -0.586. The molecule has 4 aliphatic carbocycles. The van der Waals surface area contributed by atoms with Crippen molar-refractivity contribution in [3.05, 3.63) is 0 Å². The Bertz CT molecular complexity index is 981. The highest BCUT2D eigenvalue weighted by atomic mass is 16.6. The highest BCUT2D eigenvalue weighted by Crippen LogP contribution is 2.68. The van der Waals surface area contributed by atoms with Crippen LogP contribution < -0.4 is 5.32 Å². The number of piperidine rings is 1. The molecule has 4 saturated carbocycles. The third-order valence-electron chi connectivity index (χ3n) is 13.4. The summed E-state index contributed by atoms with van der Waals surface area (Å²) in [7, 11) is 0. The van der Waals surface area contributed by atoms with Gasteiger partial charge in [-0.15, -0.1) is 0 Å². The van der Waals surface area contributed by atoms with E-state index in [1.54, 1.807) is 0 Å². The molecular formula is C34H57NO7. The number of carbonyl (C=O) groups is 2. The average Bonchev–Trinajstić information content (AvgIpc) is 3.31. The molecule has 0 amide bonds. The number of esters is 2. The summed E-state index contributed by atoms with van der Waals surface area (Å²) >= 11 is 0. The van der Waals surface area contributed by atoms with Crippen molar-refractivity contribution < 1.29 is 34.4 Å². The number of carbonyl (C=O) groups excluding carboxylic acids is 2. The molecule has 3 unspecified atom stereocenters. The summed E-state index contributed by atoms with van der Waals surface area (Å²) in [6.45, 7) is 12.1. The molecule has 0 bridgehead atoms. The molecule has 0 aromatic carbocycles. The van der Waals surface area contributed by atoms with E-state index >= 15 is 0 Å². The van der Waals surface area contributed by atoms with Crippen molar-refractivity contribution in [3.8, 4) is 0 Å². The highest BCUT2D eigenvalue weighted by molar-refractivity contribution is 5.76. The molecule has 42 heavy (non-hydrogen) atoms. The lowest BCUT2D eigenvalue weighted by Gasteiger charge is -2.63. The van der Waals surface area contributed by atoms with Gasteiger partial charge in [0.2, 0.25) is 0 Å². The Balaban J connectivity index is 1.15. The van der Waals surface area contributed by atoms with Crippen LogP contribution in [0.5, 0.6) is 0 Å². The average molecular weight is 592 g/mol. The lowest BCUT2D eigenvalue weighted by molar-refractivity contribution is -0.207. The zero-order valence-electron chi connectivity index (χ0n) is 26.6. The van der Waals surface area contributed by atoms with Gasteiger partial charge in [-0.3, -0.25) is 4.79 Å². The zero-order chi connectivity index (χ0) is 30.4. The van der Waals surface area contributed by atoms with Gasteiger partial charge in [0.1, 0.15) is 5.60 Å². The Morgan fingerprint density at radius 3 is 2.38 bits per heavy atom. The fourth-order valence-corrected chi connectivity index (χ4v) is 10.8. The predicted octanol–water partition coefficient (Wildman–Crippen LogP) is 4.23. The number of rotatable bonds is 8. The second-order valence-electron chi connectivity index (χ2n) is 15.8. The number of hydrogen-bond acceptors (Lipinski definition) is 8. The third-order valence-corrected chi connectivity index (χ3v) is 13.4. The standard InChI is InChI=1S/C34H57NO7/c1-20(6-9-29(39)41-19-30(40)42-32(2,3)21-11-14-35-15-12-21)24-7-8-25-31-26(18-28(38)34(24,25)5)33(4)13-10-23(36)16-22(33)17-27(31)37/h20-28,31,35-38H,6-19H2,1-5H3/t20-,22+,23?,24-,25+,26+,27?,28?,31+,33+,34-/m1/s1. The molecule has 8 nitrogen and oxygen atoms in total. The van der Waals surface area contributed by atoms with Gasteiger partial charge in [0.25, 0.3) is 0 Å². The number of nitrogens with one attached hydrogen (secondary N) is 1. The molecule has 5 fully saturated rings. The molecule has 1 heterocycles. The molecule has 5 rings (SSSR count). The molecular weight excluding hydrogens is 534 g/mol. The zero-order valence-corrected chi connectivity index (χ0v) is 26.6. The van der Waals surface area contributed by atoms with E-state index in [1.165, 1.54) is 0 Å². The van der Waals surface area contributed by atoms with E-state index in [-0.39, 0.29) is 71.4 Å². The summed E-state index contributed by atoms with van der Waals surface area (Å²) in [5, 5.41) is 36.9. The topological polar surface area (TPSA) is 125 Å². The van der Waals surface area contributed by atoms with Crippen LogP contribution in [0.2, 0.25) is 0 Å². The van der Waals surface area contributed by atoms with E-state index in [4.69, 9.17) is 9.47 Å². The van der Waals surface area contributed by atoms with E-state index < -0.39 is 23.8 Å². The Hall–Kier alpha value is -1.22. The summed E-state index contributed by atoms with van der Waals surface area (Å²) in [5.41, 5.74) is -0.827. The fourth-order valence-electron chi connectivity index (χ4n) is 10.8. The third kappa shape index (κ3) is 5.91. The highest BCUT2D eigenvalue weighted by Gasteiger charge is 2.65. The van der Waals surface area contributed by atoms with Crippen LogP contribution in [0.1, 0.15) is 105 Å². The molecule has 8 heteroatoms. The first kappa shape index (κ1) is 32.2. The van der Waals surface area contributed by atoms with Gasteiger partial charge in [-0.2, -0.15) is 0 Å². The Morgan fingerprint density at radius 1 is 0.952 bits per heavy atom. The van der Waals surface area contributed by atoms with Crippen LogP contribution in [0.4, 0.5) is 0 Å². The summed E-state index contributed by atoms with van der Waals surface area (Å²) in [5.74, 6) is 0.881. The SMILES string of the molecule is C[C@H](CCC(=O)OCC(=O)OC(C)(C)C1CCNCC1)[C@H]1CC[C@H]2[C@@H]3C(O)C[C@@H]4CC(O)CC[C@]4(C)[C@H]3CC(O)[C@]12C. The van der Waals surface area contributed by atoms with Gasteiger partial charge in [0.15, 0.2) is 6.61 Å². The van der Waals surface area contributed by atoms with Gasteiger partial charge in [0, 0.05) is 12.3 Å². The van der Waals surface area contributed by atoms with Gasteiger partial charge < -0.3 is 30.1 Å². The van der Waals surface area contributed by atoms with Crippen molar-refractivity contribution in [1.82, 2.24) is 5.32 Å². The molecule has 0 aromatic rings. The van der Waals surface area contributed by atoms with Crippen molar-refractivity contribution in [2.24, 2.45) is 52.3 Å². The molecule has 5 aliphatic rings. The Kier molecular flexibility index (Phi) is 9.41. The number of hydrogen-bond donors (Lipinski definition) is 4. The summed E-state index contributed by atoms with van der Waals surface area (Å²) in [6.07, 6.45) is 7.66. The molecule has 1 aliphatic heterocycles. The second-order valence-corrected chi connectivity index (χ2v) is 15.8. The van der Waals surface area contributed by atoms with Crippen LogP contribution in [0.25, 0.3) is 0 Å². The fraction of sp³-hybridized carbons (Fsp3) is 0.941. The van der Waals surface area contributed by atoms with Gasteiger partial charge in [-0.1, -0.05) is 20.8 Å². The first-order valence-corrected chi connectivity index (χ1v) is 16.9. The van der Waals surface area contributed by atoms with Crippen molar-refractivity contribution in [2.45, 2.75) is 129 Å². The van der Waals surface area contributed by atoms with Crippen LogP contribution in [0.3, 0.4) is 0 Å². The number of ether oxygens (including phenoxy) is 2. The van der Waals surface area contributed by atoms with E-state index in [0.29, 0.717) is 18.8 Å². The number of aliphatic hydroxyl groups is 3. The maximum Gasteiger partial charge on any atom is 0.344 e. The van der Waals surface area contributed by atoms with Crippen LogP contribution >= 0.6 is 0 Å². The summed E-state index contributed by atoms with van der Waals surface area (Å²) in [6, 6.07) is 0. The Labute approximate surface area is 252 Å². The molecule has 4 N–H and O–H groups in total. The van der Waals surface area contributed by atoms with Crippen LogP contribution in [-0.4, -0.2) is 70.9 Å². The van der Waals surface area contributed by atoms with E-state index in [0.717, 1.165) is 64.5 Å². The first-order chi connectivity index (χ1) is 19.8. The smallest absolute Gasteiger partial charge is 0.344 e. The van der Waals surface area contributed by atoms with E-state index in [2.05, 4.69) is 26.1 Å². The van der Waals surface area contributed by atoms with Gasteiger partial charge in [-0.25, -0.2) is 4.79 Å². The van der Waals surface area contributed by atoms with Crippen LogP contribution in [-0.2, 0) is 19.1 Å². The second kappa shape index (κ2) is 12.3. The summed E-state index contributed by atoms with van der Waals surface area (Å²) in [4.78, 5) is 25.1. The summed E-state index contributed by atoms with van der Waals surface area (Å²) < 4.78 is 11.0. The molecule has 11 atom stereocenters. The largest absolute Gasteiger partial charge is 0.457 e. The van der Waals surface area contributed by atoms with Crippen molar-refractivity contribution in [3.63, 3.8) is 0 Å². The van der Waals surface area contributed by atoms with E-state index in [9.17, 15) is 24.9 Å². The molecule has 1 saturated heterocycles. The monoisotopic (exact) mass is 591 g/mol. The normalized spacial score (nSPS) is 43.0. The molecule has 0 aromatic heterocycles. The lowest BCUT2D eigenvalue weighted by Crippen LogP contribution is -2.62. The Morgan fingerprint density at radius 2 is 1.67 bits per heavy atom. The minimum Gasteiger partial charge on any atom is -0.457 e. The van der Waals surface area contributed by atoms with Crippen molar-refractivity contribution in [1.29, 1.82) is 0 Å². The lowest BCUT2D eigenvalue weighted by atomic mass is 9.43. The van der Waals surface area contributed by atoms with E-state index in [1.807, 2.05) is 13.8 Å². The van der Waals surface area contributed by atoms with Crippen LogP contribution in [0, 0.1) is 52.3 Å². The molecule has 0 spiro atoms. The van der Waals surface area contributed by atoms with Gasteiger partial charge in [-0.05, 0) is 137 Å². The predicted molar refractivity (Wildman–Crippen MR) is 159 cm³/mol. The van der Waals surface area contributed by atoms with Crippen molar-refractivity contribution >= 4 is 11.9 Å². The quantitative estimate of drug-likeness (QED) is 0.309. The maximum absolute atomic E-state index is 12.6. The van der Waals surface area contributed by atoms with Crippen molar-refractivity contribution in [2.75, 3.05) is 19.7 Å². The van der Waals surface area contributed by atoms with Gasteiger partial charge >= 0.3 is 11.9 Å². The van der Waals surface area contributed by atoms with Gasteiger partial charge in [0.05, 0.1) is 18.3 Å². The molecule has 0 radical (unpaired) electrons. The number of aliphatic hydroxyl groups excluding tert-OH is 3.